The summed E-state index contributed by atoms with van der Waals surface area (Å²) >= 11 is 0. The number of benzene rings is 1. The second kappa shape index (κ2) is 7.00. The van der Waals surface area contributed by atoms with Crippen LogP contribution in [0.1, 0.15) is 13.3 Å². The van der Waals surface area contributed by atoms with Crippen molar-refractivity contribution in [2.24, 2.45) is 0 Å². The van der Waals surface area contributed by atoms with Crippen molar-refractivity contribution in [2.75, 3.05) is 25.1 Å². The molecule has 0 unspecified atom stereocenters. The van der Waals surface area contributed by atoms with E-state index in [1.165, 1.54) is 6.07 Å². The summed E-state index contributed by atoms with van der Waals surface area (Å²) in [5.74, 6) is -1.15. The first-order valence-electron chi connectivity index (χ1n) is 6.52. The van der Waals surface area contributed by atoms with Crippen molar-refractivity contribution in [2.45, 2.75) is 13.3 Å². The van der Waals surface area contributed by atoms with Crippen LogP contribution in [0.5, 0.6) is 0 Å². The van der Waals surface area contributed by atoms with Crippen LogP contribution >= 0.6 is 0 Å². The van der Waals surface area contributed by atoms with Crippen molar-refractivity contribution in [3.05, 3.63) is 42.2 Å². The zero-order valence-electron chi connectivity index (χ0n) is 11.3. The molecule has 0 amide bonds. The molecule has 0 aliphatic heterocycles. The molecule has 20 heavy (non-hydrogen) atoms. The highest BCUT2D eigenvalue weighted by Gasteiger charge is 2.07. The van der Waals surface area contributed by atoms with Crippen LogP contribution in [0.2, 0.25) is 0 Å². The molecular formula is C14H17F2N3O. The molecule has 1 aromatic carbocycles. The Labute approximate surface area is 116 Å². The Kier molecular flexibility index (Phi) is 5.06. The summed E-state index contributed by atoms with van der Waals surface area (Å²) in [4.78, 5) is 4.16. The van der Waals surface area contributed by atoms with E-state index >= 15 is 0 Å². The van der Waals surface area contributed by atoms with Crippen LogP contribution in [-0.2, 0) is 4.74 Å². The van der Waals surface area contributed by atoms with Gasteiger partial charge in [-0.2, -0.15) is 0 Å². The highest BCUT2D eigenvalue weighted by atomic mass is 19.2. The molecule has 0 radical (unpaired) electrons. The maximum atomic E-state index is 13.2. The van der Waals surface area contributed by atoms with Gasteiger partial charge in [-0.05, 0) is 25.5 Å². The molecule has 108 valence electrons. The zero-order chi connectivity index (χ0) is 14.4. The average molecular weight is 281 g/mol. The van der Waals surface area contributed by atoms with Crippen molar-refractivity contribution >= 4 is 5.95 Å². The monoisotopic (exact) mass is 281 g/mol. The standard InChI is InChI=1S/C14H17F2N3O/c1-2-20-9-3-6-17-14-18-7-8-19(14)11-4-5-12(15)13(16)10-11/h4-5,7-8,10H,2-3,6,9H2,1H3,(H,17,18). The van der Waals surface area contributed by atoms with Crippen molar-refractivity contribution < 1.29 is 13.5 Å². The summed E-state index contributed by atoms with van der Waals surface area (Å²) in [5.41, 5.74) is 0.522. The van der Waals surface area contributed by atoms with Crippen LogP contribution in [0.15, 0.2) is 30.6 Å². The lowest BCUT2D eigenvalue weighted by Gasteiger charge is -2.10. The molecule has 6 heteroatoms. The van der Waals surface area contributed by atoms with Gasteiger partial charge in [0.1, 0.15) is 0 Å². The molecule has 1 aromatic heterocycles. The zero-order valence-corrected chi connectivity index (χ0v) is 11.3. The maximum absolute atomic E-state index is 13.2. The Morgan fingerprint density at radius 1 is 1.30 bits per heavy atom. The molecule has 0 bridgehead atoms. The van der Waals surface area contributed by atoms with Crippen LogP contribution < -0.4 is 5.32 Å². The molecule has 2 aromatic rings. The summed E-state index contributed by atoms with van der Waals surface area (Å²) in [7, 11) is 0. The van der Waals surface area contributed by atoms with Gasteiger partial charge < -0.3 is 10.1 Å². The number of ether oxygens (including phenoxy) is 1. The van der Waals surface area contributed by atoms with E-state index in [0.29, 0.717) is 31.4 Å². The fourth-order valence-electron chi connectivity index (χ4n) is 1.80. The SMILES string of the molecule is CCOCCCNc1nccn1-c1ccc(F)c(F)c1. The Morgan fingerprint density at radius 2 is 2.15 bits per heavy atom. The van der Waals surface area contributed by atoms with Gasteiger partial charge in [0.25, 0.3) is 0 Å². The first-order chi connectivity index (χ1) is 9.72. The number of nitrogens with zero attached hydrogens (tertiary/aromatic N) is 2. The predicted molar refractivity (Wildman–Crippen MR) is 73.1 cm³/mol. The second-order valence-corrected chi connectivity index (χ2v) is 4.20. The summed E-state index contributed by atoms with van der Waals surface area (Å²) in [6.45, 7) is 4.02. The third kappa shape index (κ3) is 3.54. The number of hydrogen-bond donors (Lipinski definition) is 1. The maximum Gasteiger partial charge on any atom is 0.207 e. The van der Waals surface area contributed by atoms with Gasteiger partial charge >= 0.3 is 0 Å². The molecular weight excluding hydrogens is 264 g/mol. The first-order valence-corrected chi connectivity index (χ1v) is 6.52. The van der Waals surface area contributed by atoms with E-state index in [2.05, 4.69) is 10.3 Å². The number of halogens is 2. The van der Waals surface area contributed by atoms with Crippen molar-refractivity contribution in [1.82, 2.24) is 9.55 Å². The summed E-state index contributed by atoms with van der Waals surface area (Å²) in [5, 5.41) is 3.14. The van der Waals surface area contributed by atoms with Crippen LogP contribution in [0, 0.1) is 11.6 Å². The lowest BCUT2D eigenvalue weighted by Crippen LogP contribution is -2.10. The molecule has 0 fully saturated rings. The molecule has 4 nitrogen and oxygen atoms in total. The Balaban J connectivity index is 2.02. The smallest absolute Gasteiger partial charge is 0.207 e. The van der Waals surface area contributed by atoms with E-state index in [0.717, 1.165) is 18.6 Å². The number of nitrogens with one attached hydrogen (secondary N) is 1. The highest BCUT2D eigenvalue weighted by molar-refractivity contribution is 5.42. The molecule has 0 aliphatic rings. The molecule has 0 aliphatic carbocycles. The summed E-state index contributed by atoms with van der Waals surface area (Å²) in [6, 6.07) is 3.75. The van der Waals surface area contributed by atoms with E-state index in [-0.39, 0.29) is 0 Å². The topological polar surface area (TPSA) is 39.1 Å². The molecule has 0 spiro atoms. The molecule has 0 saturated carbocycles. The fraction of sp³-hybridized carbons (Fsp3) is 0.357. The van der Waals surface area contributed by atoms with Gasteiger partial charge in [0.2, 0.25) is 5.95 Å². The number of hydrogen-bond acceptors (Lipinski definition) is 3. The molecule has 1 heterocycles. The average Bonchev–Trinajstić information content (AvgIpc) is 2.90. The Morgan fingerprint density at radius 3 is 2.90 bits per heavy atom. The van der Waals surface area contributed by atoms with Crippen LogP contribution in [-0.4, -0.2) is 29.3 Å². The van der Waals surface area contributed by atoms with E-state index in [1.807, 2.05) is 6.92 Å². The Hall–Kier alpha value is -1.95. The van der Waals surface area contributed by atoms with E-state index in [1.54, 1.807) is 17.0 Å². The first kappa shape index (κ1) is 14.5. The van der Waals surface area contributed by atoms with Gasteiger partial charge in [-0.25, -0.2) is 13.8 Å². The van der Waals surface area contributed by atoms with Gasteiger partial charge in [0.15, 0.2) is 11.6 Å². The van der Waals surface area contributed by atoms with Crippen molar-refractivity contribution in [3.63, 3.8) is 0 Å². The van der Waals surface area contributed by atoms with E-state index < -0.39 is 11.6 Å². The highest BCUT2D eigenvalue weighted by Crippen LogP contribution is 2.17. The normalized spacial score (nSPS) is 10.8. The molecule has 0 saturated heterocycles. The minimum Gasteiger partial charge on any atom is -0.382 e. The second-order valence-electron chi connectivity index (χ2n) is 4.20. The molecule has 2 rings (SSSR count). The minimum absolute atomic E-state index is 0.522. The number of anilines is 1. The fourth-order valence-corrected chi connectivity index (χ4v) is 1.80. The van der Waals surface area contributed by atoms with Crippen molar-refractivity contribution in [3.8, 4) is 5.69 Å². The van der Waals surface area contributed by atoms with Gasteiger partial charge in [-0.1, -0.05) is 0 Å². The Bertz CT molecular complexity index is 557. The molecule has 1 N–H and O–H groups in total. The van der Waals surface area contributed by atoms with Crippen molar-refractivity contribution in [1.29, 1.82) is 0 Å². The third-order valence-electron chi connectivity index (χ3n) is 2.77. The number of rotatable bonds is 7. The summed E-state index contributed by atoms with van der Waals surface area (Å²) < 4.78 is 33.1. The molecule has 0 atom stereocenters. The van der Waals surface area contributed by atoms with Crippen LogP contribution in [0.3, 0.4) is 0 Å². The van der Waals surface area contributed by atoms with E-state index in [4.69, 9.17) is 4.74 Å². The largest absolute Gasteiger partial charge is 0.382 e. The quantitative estimate of drug-likeness (QED) is 0.793. The lowest BCUT2D eigenvalue weighted by molar-refractivity contribution is 0.147. The van der Waals surface area contributed by atoms with Crippen LogP contribution in [0.25, 0.3) is 5.69 Å². The van der Waals surface area contributed by atoms with Gasteiger partial charge in [-0.15, -0.1) is 0 Å². The minimum atomic E-state index is -0.876. The number of aromatic nitrogens is 2. The van der Waals surface area contributed by atoms with Crippen LogP contribution in [0.4, 0.5) is 14.7 Å². The summed E-state index contributed by atoms with van der Waals surface area (Å²) in [6.07, 6.45) is 4.14. The van der Waals surface area contributed by atoms with E-state index in [9.17, 15) is 8.78 Å². The van der Waals surface area contributed by atoms with Gasteiger partial charge in [-0.3, -0.25) is 4.57 Å². The third-order valence-corrected chi connectivity index (χ3v) is 2.77. The van der Waals surface area contributed by atoms with Gasteiger partial charge in [0.05, 0.1) is 5.69 Å². The van der Waals surface area contributed by atoms with Gasteiger partial charge in [0, 0.05) is 38.2 Å². The number of imidazole rings is 1. The predicted octanol–water partition coefficient (Wildman–Crippen LogP) is 2.99. The lowest BCUT2D eigenvalue weighted by atomic mass is 10.3.